The number of carbonyl (C=O) groups excluding carboxylic acids is 2. The fourth-order valence-corrected chi connectivity index (χ4v) is 6.57. The molecule has 0 aliphatic rings. The van der Waals surface area contributed by atoms with Gasteiger partial charge in [-0.2, -0.15) is 0 Å². The molecule has 0 radical (unpaired) electrons. The van der Waals surface area contributed by atoms with Crippen molar-refractivity contribution in [2.45, 2.75) is 57.1 Å². The van der Waals surface area contributed by atoms with Gasteiger partial charge in [0.05, 0.1) is 10.6 Å². The van der Waals surface area contributed by atoms with Crippen LogP contribution in [0.15, 0.2) is 108 Å². The Morgan fingerprint density at radius 1 is 0.889 bits per heavy atom. The van der Waals surface area contributed by atoms with E-state index in [0.29, 0.717) is 17.0 Å². The lowest BCUT2D eigenvalue weighted by molar-refractivity contribution is -0.140. The molecule has 0 saturated heterocycles. The molecule has 0 aromatic heterocycles. The summed E-state index contributed by atoms with van der Waals surface area (Å²) in [5.74, 6) is -1.65. The molecule has 0 bridgehead atoms. The number of amides is 2. The number of benzene rings is 4. The smallest absolute Gasteiger partial charge is 0.264 e. The molecule has 236 valence electrons. The molecule has 7 nitrogen and oxygen atoms in total. The van der Waals surface area contributed by atoms with Crippen molar-refractivity contribution in [2.75, 3.05) is 10.8 Å². The normalized spacial score (nSPS) is 12.6. The van der Waals surface area contributed by atoms with Crippen LogP contribution < -0.4 is 9.62 Å². The molecule has 0 saturated carbocycles. The third kappa shape index (κ3) is 8.29. The van der Waals surface area contributed by atoms with Crippen molar-refractivity contribution in [1.29, 1.82) is 0 Å². The van der Waals surface area contributed by atoms with Crippen LogP contribution in [0.5, 0.6) is 0 Å². The highest BCUT2D eigenvalue weighted by Crippen LogP contribution is 2.31. The summed E-state index contributed by atoms with van der Waals surface area (Å²) in [6, 6.07) is 26.5. The van der Waals surface area contributed by atoms with Crippen LogP contribution in [0.3, 0.4) is 0 Å². The largest absolute Gasteiger partial charge is 0.352 e. The first-order chi connectivity index (χ1) is 21.5. The van der Waals surface area contributed by atoms with Gasteiger partial charge in [-0.05, 0) is 61.7 Å². The van der Waals surface area contributed by atoms with Crippen molar-refractivity contribution >= 4 is 39.1 Å². The highest BCUT2D eigenvalue weighted by atomic mass is 35.5. The molecule has 1 N–H and O–H groups in total. The second kappa shape index (κ2) is 15.2. The Balaban J connectivity index is 1.84. The van der Waals surface area contributed by atoms with Crippen molar-refractivity contribution in [3.05, 3.63) is 131 Å². The molecule has 4 aromatic rings. The van der Waals surface area contributed by atoms with Crippen LogP contribution in [-0.4, -0.2) is 43.8 Å². The van der Waals surface area contributed by atoms with Gasteiger partial charge in [-0.3, -0.25) is 13.9 Å². The Labute approximate surface area is 269 Å². The predicted molar refractivity (Wildman–Crippen MR) is 176 cm³/mol. The molecule has 10 heteroatoms. The topological polar surface area (TPSA) is 86.8 Å². The van der Waals surface area contributed by atoms with Gasteiger partial charge >= 0.3 is 0 Å². The molecule has 0 fully saturated rings. The number of anilines is 1. The van der Waals surface area contributed by atoms with Crippen LogP contribution >= 0.6 is 11.6 Å². The third-order valence-corrected chi connectivity index (χ3v) is 9.87. The molecular weight excluding hydrogens is 613 g/mol. The average molecular weight is 650 g/mol. The lowest BCUT2D eigenvalue weighted by atomic mass is 10.0. The SMILES string of the molecule is CC[C@@H](C)NC(=O)[C@H](Cc1ccccc1)N(Cc1ccccc1F)C(=O)CN(c1cccc(Cl)c1C)S(=O)(=O)c1ccccc1. The first kappa shape index (κ1) is 33.7. The number of rotatable bonds is 13. The molecule has 0 spiro atoms. The van der Waals surface area contributed by atoms with Crippen molar-refractivity contribution in [2.24, 2.45) is 0 Å². The van der Waals surface area contributed by atoms with Crippen LogP contribution in [0.25, 0.3) is 0 Å². The Morgan fingerprint density at radius 2 is 1.51 bits per heavy atom. The minimum atomic E-state index is -4.28. The second-order valence-corrected chi connectivity index (χ2v) is 13.1. The second-order valence-electron chi connectivity index (χ2n) is 10.8. The van der Waals surface area contributed by atoms with E-state index in [1.807, 2.05) is 44.2 Å². The molecule has 45 heavy (non-hydrogen) atoms. The van der Waals surface area contributed by atoms with Crippen LogP contribution in [-0.2, 0) is 32.6 Å². The summed E-state index contributed by atoms with van der Waals surface area (Å²) in [7, 11) is -4.28. The quantitative estimate of drug-likeness (QED) is 0.178. The van der Waals surface area contributed by atoms with E-state index in [4.69, 9.17) is 11.6 Å². The summed E-state index contributed by atoms with van der Waals surface area (Å²) in [5.41, 5.74) is 1.65. The maximum Gasteiger partial charge on any atom is 0.264 e. The third-order valence-electron chi connectivity index (χ3n) is 7.69. The van der Waals surface area contributed by atoms with Crippen LogP contribution in [0.4, 0.5) is 10.1 Å². The van der Waals surface area contributed by atoms with Gasteiger partial charge < -0.3 is 10.2 Å². The Bertz CT molecular complexity index is 1720. The minimum absolute atomic E-state index is 0.0202. The van der Waals surface area contributed by atoms with E-state index < -0.39 is 40.2 Å². The predicted octanol–water partition coefficient (Wildman–Crippen LogP) is 6.54. The van der Waals surface area contributed by atoms with Gasteiger partial charge in [0.1, 0.15) is 18.4 Å². The summed E-state index contributed by atoms with van der Waals surface area (Å²) in [6.07, 6.45) is 0.785. The molecule has 0 unspecified atom stereocenters. The Hall–Kier alpha value is -4.21. The molecular formula is C35H37ClFN3O4S. The van der Waals surface area contributed by atoms with E-state index in [0.717, 1.165) is 9.87 Å². The molecule has 2 amide bonds. The number of hydrogen-bond acceptors (Lipinski definition) is 4. The van der Waals surface area contributed by atoms with E-state index in [-0.39, 0.29) is 35.2 Å². The monoisotopic (exact) mass is 649 g/mol. The summed E-state index contributed by atoms with van der Waals surface area (Å²) >= 11 is 6.41. The van der Waals surface area contributed by atoms with Gasteiger partial charge in [-0.1, -0.05) is 91.3 Å². The van der Waals surface area contributed by atoms with E-state index in [1.54, 1.807) is 55.5 Å². The van der Waals surface area contributed by atoms with Gasteiger partial charge in [-0.25, -0.2) is 12.8 Å². The maximum absolute atomic E-state index is 15.0. The Kier molecular flexibility index (Phi) is 11.4. The zero-order chi connectivity index (χ0) is 32.6. The number of nitrogens with one attached hydrogen (secondary N) is 1. The first-order valence-corrected chi connectivity index (χ1v) is 16.5. The van der Waals surface area contributed by atoms with E-state index in [9.17, 15) is 18.0 Å². The van der Waals surface area contributed by atoms with Gasteiger partial charge in [-0.15, -0.1) is 0 Å². The standard InChI is InChI=1S/C35H37ClFN3O4S/c1-4-25(2)38-35(42)33(22-27-14-7-5-8-15-27)39(23-28-16-11-12-20-31(28)37)34(41)24-40(32-21-13-19-30(36)26(32)3)45(43,44)29-17-9-6-10-18-29/h5-21,25,33H,4,22-24H2,1-3H3,(H,38,42)/t25-,33+/m1/s1. The van der Waals surface area contributed by atoms with Crippen molar-refractivity contribution in [3.63, 3.8) is 0 Å². The molecule has 0 heterocycles. The van der Waals surface area contributed by atoms with Gasteiger partial charge in [0.25, 0.3) is 10.0 Å². The molecule has 4 rings (SSSR count). The van der Waals surface area contributed by atoms with Gasteiger partial charge in [0, 0.05) is 29.6 Å². The highest BCUT2D eigenvalue weighted by molar-refractivity contribution is 7.92. The van der Waals surface area contributed by atoms with Crippen molar-refractivity contribution in [3.8, 4) is 0 Å². The minimum Gasteiger partial charge on any atom is -0.352 e. The fraction of sp³-hybridized carbons (Fsp3) is 0.257. The maximum atomic E-state index is 15.0. The van der Waals surface area contributed by atoms with E-state index in [2.05, 4.69) is 5.32 Å². The van der Waals surface area contributed by atoms with Gasteiger partial charge in [0.2, 0.25) is 11.8 Å². The number of hydrogen-bond donors (Lipinski definition) is 1. The molecule has 2 atom stereocenters. The zero-order valence-electron chi connectivity index (χ0n) is 25.5. The molecule has 4 aromatic carbocycles. The lowest BCUT2D eigenvalue weighted by Crippen LogP contribution is -2.54. The van der Waals surface area contributed by atoms with Crippen LogP contribution in [0, 0.1) is 12.7 Å². The number of sulfonamides is 1. The molecule has 0 aliphatic carbocycles. The fourth-order valence-electron chi connectivity index (χ4n) is 4.90. The average Bonchev–Trinajstić information content (AvgIpc) is 3.04. The highest BCUT2D eigenvalue weighted by Gasteiger charge is 2.35. The van der Waals surface area contributed by atoms with Crippen LogP contribution in [0.2, 0.25) is 5.02 Å². The zero-order valence-corrected chi connectivity index (χ0v) is 27.1. The van der Waals surface area contributed by atoms with Crippen LogP contribution in [0.1, 0.15) is 37.0 Å². The van der Waals surface area contributed by atoms with Crippen molar-refractivity contribution < 1.29 is 22.4 Å². The van der Waals surface area contributed by atoms with E-state index >= 15 is 4.39 Å². The summed E-state index contributed by atoms with van der Waals surface area (Å²) < 4.78 is 44.3. The first-order valence-electron chi connectivity index (χ1n) is 14.7. The van der Waals surface area contributed by atoms with Gasteiger partial charge in [0.15, 0.2) is 0 Å². The number of halogens is 2. The van der Waals surface area contributed by atoms with E-state index in [1.165, 1.54) is 29.2 Å². The summed E-state index contributed by atoms with van der Waals surface area (Å²) in [6.45, 7) is 4.54. The summed E-state index contributed by atoms with van der Waals surface area (Å²) in [4.78, 5) is 29.6. The lowest BCUT2D eigenvalue weighted by Gasteiger charge is -2.34. The molecule has 0 aliphatic heterocycles. The summed E-state index contributed by atoms with van der Waals surface area (Å²) in [5, 5.41) is 3.29. The number of nitrogens with zero attached hydrogens (tertiary/aromatic N) is 2. The Morgan fingerprint density at radius 3 is 2.16 bits per heavy atom. The van der Waals surface area contributed by atoms with Crippen molar-refractivity contribution in [1.82, 2.24) is 10.2 Å². The number of carbonyl (C=O) groups is 2.